The number of hydrogen-bond donors (Lipinski definition) is 5. The molecule has 9 nitrogen and oxygen atoms in total. The highest BCUT2D eigenvalue weighted by molar-refractivity contribution is 5.96. The first-order valence-electron chi connectivity index (χ1n) is 13.3. The van der Waals surface area contributed by atoms with E-state index in [1.165, 1.54) is 18.2 Å². The monoisotopic (exact) mass is 560 g/mol. The lowest BCUT2D eigenvalue weighted by atomic mass is 9.69. The summed E-state index contributed by atoms with van der Waals surface area (Å²) >= 11 is 0. The van der Waals surface area contributed by atoms with E-state index in [1.54, 1.807) is 4.57 Å². The number of nitrogens with one attached hydrogen (secondary N) is 3. The number of aromatic hydroxyl groups is 1. The highest BCUT2D eigenvalue weighted by Crippen LogP contribution is 2.64. The number of carbonyl (C=O) groups excluding carboxylic acids is 1. The molecule has 3 aliphatic rings. The molecule has 2 heterocycles. The van der Waals surface area contributed by atoms with E-state index >= 15 is 0 Å². The SMILES string of the molecule is CC(C)(NC[C@H](O)c1cc(O)cc2c1OCC(=O)N2)C12CCC(n3c(=O)[nH]c4cc(C(F)(F)F)ccc43)(CC1)C2. The average molecular weight is 561 g/mol. The molecule has 5 N–H and O–H groups in total. The number of phenols is 1. The molecule has 40 heavy (non-hydrogen) atoms. The van der Waals surface area contributed by atoms with Gasteiger partial charge in [-0.15, -0.1) is 0 Å². The number of benzene rings is 2. The van der Waals surface area contributed by atoms with Crippen LogP contribution in [-0.4, -0.2) is 44.4 Å². The van der Waals surface area contributed by atoms with E-state index in [1.807, 2.05) is 0 Å². The summed E-state index contributed by atoms with van der Waals surface area (Å²) in [7, 11) is 0. The Kier molecular flexibility index (Phi) is 5.84. The largest absolute Gasteiger partial charge is 0.508 e. The van der Waals surface area contributed by atoms with Crippen molar-refractivity contribution in [1.82, 2.24) is 14.9 Å². The van der Waals surface area contributed by atoms with Gasteiger partial charge in [-0.25, -0.2) is 4.79 Å². The Morgan fingerprint density at radius 3 is 2.55 bits per heavy atom. The van der Waals surface area contributed by atoms with Gasteiger partial charge in [-0.05, 0) is 75.6 Å². The summed E-state index contributed by atoms with van der Waals surface area (Å²) in [6.07, 6.45) is -1.85. The number of rotatable bonds is 6. The van der Waals surface area contributed by atoms with Crippen molar-refractivity contribution in [3.05, 3.63) is 51.9 Å². The normalized spacial score (nSPS) is 25.1. The molecule has 2 saturated carbocycles. The molecule has 214 valence electrons. The minimum Gasteiger partial charge on any atom is -0.508 e. The van der Waals surface area contributed by atoms with Gasteiger partial charge in [-0.1, -0.05) is 0 Å². The molecule has 0 unspecified atom stereocenters. The summed E-state index contributed by atoms with van der Waals surface area (Å²) in [6, 6.07) is 6.17. The van der Waals surface area contributed by atoms with Gasteiger partial charge < -0.3 is 30.6 Å². The summed E-state index contributed by atoms with van der Waals surface area (Å²) in [6.45, 7) is 4.07. The van der Waals surface area contributed by atoms with Crippen molar-refractivity contribution in [2.24, 2.45) is 5.41 Å². The standard InChI is InChI=1S/C28H31F3N4O5/c1-25(2,32-12-21(37)17-10-16(36)11-19-23(17)40-13-22(38)33-19)26-5-7-27(14-26,8-6-26)35-20-4-3-15(28(29,30)31)9-18(20)34-24(35)39/h3-4,9-11,21,32,36-37H,5-8,12-14H2,1-2H3,(H,33,38)(H,34,39)/t21-,26?,27?/m0/s1. The number of aliphatic hydroxyl groups is 1. The van der Waals surface area contributed by atoms with Crippen molar-refractivity contribution < 1.29 is 32.9 Å². The minimum absolute atomic E-state index is 0.112. The zero-order valence-electron chi connectivity index (χ0n) is 22.1. The van der Waals surface area contributed by atoms with E-state index in [4.69, 9.17) is 4.74 Å². The fraction of sp³-hybridized carbons (Fsp3) is 0.500. The van der Waals surface area contributed by atoms with Gasteiger partial charge in [-0.2, -0.15) is 13.2 Å². The highest BCUT2D eigenvalue weighted by atomic mass is 19.4. The molecule has 12 heteroatoms. The summed E-state index contributed by atoms with van der Waals surface area (Å²) in [4.78, 5) is 27.4. The van der Waals surface area contributed by atoms with Crippen LogP contribution in [0.3, 0.4) is 0 Å². The number of amides is 1. The molecule has 0 radical (unpaired) electrons. The van der Waals surface area contributed by atoms with E-state index in [-0.39, 0.29) is 35.7 Å². The van der Waals surface area contributed by atoms with Crippen molar-refractivity contribution in [3.63, 3.8) is 0 Å². The maximum absolute atomic E-state index is 13.3. The lowest BCUT2D eigenvalue weighted by Gasteiger charge is -2.44. The van der Waals surface area contributed by atoms with Crippen molar-refractivity contribution in [3.8, 4) is 11.5 Å². The van der Waals surface area contributed by atoms with E-state index in [9.17, 15) is 33.0 Å². The van der Waals surface area contributed by atoms with Crippen LogP contribution in [-0.2, 0) is 16.5 Å². The molecule has 6 rings (SSSR count). The highest BCUT2D eigenvalue weighted by Gasteiger charge is 2.61. The van der Waals surface area contributed by atoms with E-state index in [2.05, 4.69) is 29.5 Å². The lowest BCUT2D eigenvalue weighted by Crippen LogP contribution is -2.53. The predicted octanol–water partition coefficient (Wildman–Crippen LogP) is 4.15. The summed E-state index contributed by atoms with van der Waals surface area (Å²) < 4.78 is 47.0. The number of carbonyl (C=O) groups is 1. The van der Waals surface area contributed by atoms with E-state index < -0.39 is 34.6 Å². The number of β-amino-alcohol motifs (C(OH)–C–C–N with tert-alkyl or cyclic N) is 1. The van der Waals surface area contributed by atoms with Crippen molar-refractivity contribution in [1.29, 1.82) is 0 Å². The van der Waals surface area contributed by atoms with Gasteiger partial charge in [0.25, 0.3) is 5.91 Å². The van der Waals surface area contributed by atoms with Gasteiger partial charge in [0.1, 0.15) is 11.5 Å². The molecule has 2 aromatic carbocycles. The first kappa shape index (κ1) is 26.7. The Balaban J connectivity index is 1.23. The van der Waals surface area contributed by atoms with Crippen LogP contribution in [0.25, 0.3) is 11.0 Å². The third kappa shape index (κ3) is 4.07. The molecule has 0 saturated heterocycles. The van der Waals surface area contributed by atoms with Crippen LogP contribution in [0.5, 0.6) is 11.5 Å². The summed E-state index contributed by atoms with van der Waals surface area (Å²) in [5.41, 5.74) is -1.12. The van der Waals surface area contributed by atoms with Crippen LogP contribution in [0, 0.1) is 5.41 Å². The zero-order chi connectivity index (χ0) is 28.7. The van der Waals surface area contributed by atoms with Crippen molar-refractivity contribution in [2.45, 2.75) is 69.3 Å². The number of nitrogens with zero attached hydrogens (tertiary/aromatic N) is 1. The summed E-state index contributed by atoms with van der Waals surface area (Å²) in [5.74, 6) is -0.145. The predicted molar refractivity (Wildman–Crippen MR) is 140 cm³/mol. The number of alkyl halides is 3. The average Bonchev–Trinajstić information content (AvgIpc) is 3.56. The van der Waals surface area contributed by atoms with Crippen LogP contribution >= 0.6 is 0 Å². The first-order chi connectivity index (χ1) is 18.7. The third-order valence-electron chi connectivity index (χ3n) is 9.44. The second-order valence-corrected chi connectivity index (χ2v) is 11.9. The van der Waals surface area contributed by atoms with Crippen LogP contribution < -0.4 is 21.1 Å². The Morgan fingerprint density at radius 1 is 1.12 bits per heavy atom. The van der Waals surface area contributed by atoms with Crippen molar-refractivity contribution >= 4 is 22.6 Å². The number of imidazole rings is 1. The van der Waals surface area contributed by atoms with E-state index in [0.29, 0.717) is 41.8 Å². The molecule has 1 amide bonds. The van der Waals surface area contributed by atoms with Gasteiger partial charge in [0.05, 0.1) is 33.9 Å². The second kappa shape index (κ2) is 8.74. The summed E-state index contributed by atoms with van der Waals surface area (Å²) in [5, 5.41) is 27.3. The number of ether oxygens (including phenoxy) is 1. The number of phenolic OH excluding ortho intramolecular Hbond substituents is 1. The number of halogens is 3. The number of fused-ring (bicyclic) bond motifs is 4. The van der Waals surface area contributed by atoms with E-state index in [0.717, 1.165) is 25.0 Å². The molecule has 1 atom stereocenters. The molecule has 1 aliphatic heterocycles. The van der Waals surface area contributed by atoms with Gasteiger partial charge >= 0.3 is 11.9 Å². The topological polar surface area (TPSA) is 129 Å². The second-order valence-electron chi connectivity index (χ2n) is 11.9. The quantitative estimate of drug-likeness (QED) is 0.308. The van der Waals surface area contributed by atoms with Crippen LogP contribution in [0.4, 0.5) is 18.9 Å². The number of aromatic amines is 1. The van der Waals surface area contributed by atoms with Crippen LogP contribution in [0.1, 0.15) is 63.2 Å². The van der Waals surface area contributed by atoms with Gasteiger partial charge in [0, 0.05) is 23.7 Å². The first-order valence-corrected chi connectivity index (χ1v) is 13.3. The zero-order valence-corrected chi connectivity index (χ0v) is 22.1. The molecule has 3 aromatic rings. The Bertz CT molecular complexity index is 1570. The van der Waals surface area contributed by atoms with Crippen LogP contribution in [0.15, 0.2) is 35.1 Å². The smallest absolute Gasteiger partial charge is 0.416 e. The fourth-order valence-corrected chi connectivity index (χ4v) is 7.20. The maximum atomic E-state index is 13.3. The number of anilines is 1. The van der Waals surface area contributed by atoms with Gasteiger partial charge in [0.2, 0.25) is 0 Å². The number of aliphatic hydroxyl groups excluding tert-OH is 1. The Labute approximate surface area is 227 Å². The fourth-order valence-electron chi connectivity index (χ4n) is 7.20. The maximum Gasteiger partial charge on any atom is 0.416 e. The molecule has 0 spiro atoms. The van der Waals surface area contributed by atoms with Gasteiger partial charge in [0.15, 0.2) is 6.61 Å². The molecular formula is C28H31F3N4O5. The Morgan fingerprint density at radius 2 is 1.85 bits per heavy atom. The van der Waals surface area contributed by atoms with Gasteiger partial charge in [-0.3, -0.25) is 9.36 Å². The lowest BCUT2D eigenvalue weighted by molar-refractivity contribution is -0.137. The number of H-pyrrole nitrogens is 1. The van der Waals surface area contributed by atoms with Crippen molar-refractivity contribution in [2.75, 3.05) is 18.5 Å². The number of aromatic nitrogens is 2. The van der Waals surface area contributed by atoms with Crippen LogP contribution in [0.2, 0.25) is 0 Å². The Hall–Kier alpha value is -3.51. The number of hydrogen-bond acceptors (Lipinski definition) is 6. The molecule has 1 aromatic heterocycles. The minimum atomic E-state index is -4.50. The molecule has 2 aliphatic carbocycles. The molecular weight excluding hydrogens is 529 g/mol. The molecule has 2 bridgehead atoms. The molecule has 2 fully saturated rings. The third-order valence-corrected chi connectivity index (χ3v) is 9.44.